The van der Waals surface area contributed by atoms with Crippen molar-refractivity contribution in [3.63, 3.8) is 0 Å². The number of alkyl halides is 3. The molecule has 0 amide bonds. The molecular weight excluding hydrogens is 433 g/mol. The SMILES string of the molecule is Cc1cc(N2C[C@H]3CC[C@@H](C2)C3Cc2nc3c(OCCCC(F)(F)F)cccn3n2)ncn1. The number of halogens is 3. The molecule has 1 saturated heterocycles. The van der Waals surface area contributed by atoms with Gasteiger partial charge < -0.3 is 9.64 Å². The van der Waals surface area contributed by atoms with Gasteiger partial charge in [0.25, 0.3) is 0 Å². The van der Waals surface area contributed by atoms with Gasteiger partial charge in [-0.3, -0.25) is 0 Å². The number of hydrogen-bond donors (Lipinski definition) is 0. The first kappa shape index (κ1) is 21.9. The van der Waals surface area contributed by atoms with E-state index in [9.17, 15) is 13.2 Å². The molecule has 1 unspecified atom stereocenters. The molecule has 2 bridgehead atoms. The van der Waals surface area contributed by atoms with Gasteiger partial charge in [0.2, 0.25) is 0 Å². The zero-order valence-electron chi connectivity index (χ0n) is 18.5. The van der Waals surface area contributed by atoms with Gasteiger partial charge in [-0.05, 0) is 56.1 Å². The molecule has 3 atom stereocenters. The number of ether oxygens (including phenoxy) is 1. The number of hydrogen-bond acceptors (Lipinski definition) is 6. The molecule has 0 N–H and O–H groups in total. The van der Waals surface area contributed by atoms with Crippen LogP contribution in [0.3, 0.4) is 0 Å². The maximum absolute atomic E-state index is 12.4. The molecule has 3 aromatic rings. The normalized spacial score (nSPS) is 22.8. The van der Waals surface area contributed by atoms with Crippen molar-refractivity contribution in [2.75, 3.05) is 24.6 Å². The van der Waals surface area contributed by atoms with E-state index in [1.165, 1.54) is 12.8 Å². The summed E-state index contributed by atoms with van der Waals surface area (Å²) >= 11 is 0. The summed E-state index contributed by atoms with van der Waals surface area (Å²) in [6, 6.07) is 5.55. The van der Waals surface area contributed by atoms with E-state index in [0.29, 0.717) is 29.2 Å². The molecule has 176 valence electrons. The molecule has 2 fully saturated rings. The highest BCUT2D eigenvalue weighted by atomic mass is 19.4. The number of pyridine rings is 1. The Morgan fingerprint density at radius 3 is 2.67 bits per heavy atom. The molecule has 0 aromatic carbocycles. The van der Waals surface area contributed by atoms with E-state index >= 15 is 0 Å². The van der Waals surface area contributed by atoms with Crippen LogP contribution in [0.1, 0.15) is 37.2 Å². The molecule has 5 rings (SSSR count). The zero-order valence-corrected chi connectivity index (χ0v) is 18.5. The van der Waals surface area contributed by atoms with Gasteiger partial charge in [0.15, 0.2) is 17.2 Å². The van der Waals surface area contributed by atoms with Crippen LogP contribution in [0.15, 0.2) is 30.7 Å². The number of fused-ring (bicyclic) bond motifs is 3. The summed E-state index contributed by atoms with van der Waals surface area (Å²) in [6.45, 7) is 3.92. The molecule has 2 aliphatic rings. The van der Waals surface area contributed by atoms with Crippen LogP contribution in [-0.4, -0.2) is 50.4 Å². The number of aromatic nitrogens is 5. The highest BCUT2D eigenvalue weighted by molar-refractivity contribution is 5.52. The fourth-order valence-electron chi connectivity index (χ4n) is 5.26. The van der Waals surface area contributed by atoms with Crippen LogP contribution >= 0.6 is 0 Å². The summed E-state index contributed by atoms with van der Waals surface area (Å²) in [5.41, 5.74) is 1.53. The summed E-state index contributed by atoms with van der Waals surface area (Å²) in [4.78, 5) is 15.7. The van der Waals surface area contributed by atoms with E-state index < -0.39 is 12.6 Å². The maximum Gasteiger partial charge on any atom is 0.389 e. The number of nitrogens with zero attached hydrogens (tertiary/aromatic N) is 6. The van der Waals surface area contributed by atoms with Gasteiger partial charge in [-0.2, -0.15) is 18.3 Å². The van der Waals surface area contributed by atoms with E-state index in [2.05, 4.69) is 20.0 Å². The van der Waals surface area contributed by atoms with Crippen molar-refractivity contribution >= 4 is 11.5 Å². The van der Waals surface area contributed by atoms with Gasteiger partial charge in [0, 0.05) is 43.9 Å². The summed E-state index contributed by atoms with van der Waals surface area (Å²) in [7, 11) is 0. The first-order valence-corrected chi connectivity index (χ1v) is 11.4. The number of anilines is 1. The van der Waals surface area contributed by atoms with Gasteiger partial charge in [0.05, 0.1) is 6.61 Å². The lowest BCUT2D eigenvalue weighted by atomic mass is 9.82. The molecule has 1 aliphatic heterocycles. The highest BCUT2D eigenvalue weighted by Gasteiger charge is 2.42. The third-order valence-electron chi connectivity index (χ3n) is 6.79. The third-order valence-corrected chi connectivity index (χ3v) is 6.79. The van der Waals surface area contributed by atoms with Crippen molar-refractivity contribution < 1.29 is 17.9 Å². The van der Waals surface area contributed by atoms with E-state index in [1.807, 2.05) is 13.0 Å². The van der Waals surface area contributed by atoms with Gasteiger partial charge in [-0.15, -0.1) is 0 Å². The quantitative estimate of drug-likeness (QED) is 0.491. The van der Waals surface area contributed by atoms with Crippen molar-refractivity contribution in [3.05, 3.63) is 42.2 Å². The van der Waals surface area contributed by atoms with Crippen LogP contribution in [-0.2, 0) is 6.42 Å². The summed E-state index contributed by atoms with van der Waals surface area (Å²) < 4.78 is 44.4. The minimum atomic E-state index is -4.17. The summed E-state index contributed by atoms with van der Waals surface area (Å²) in [5, 5.41) is 4.63. The lowest BCUT2D eigenvalue weighted by Gasteiger charge is -2.38. The van der Waals surface area contributed by atoms with E-state index in [0.717, 1.165) is 36.8 Å². The Balaban J connectivity index is 1.25. The molecule has 0 spiro atoms. The summed E-state index contributed by atoms with van der Waals surface area (Å²) in [6.07, 6.45) is 1.49. The Morgan fingerprint density at radius 2 is 1.94 bits per heavy atom. The van der Waals surface area contributed by atoms with Crippen molar-refractivity contribution in [2.45, 2.75) is 45.2 Å². The van der Waals surface area contributed by atoms with Crippen LogP contribution in [0, 0.1) is 24.7 Å². The second-order valence-electron chi connectivity index (χ2n) is 9.12. The van der Waals surface area contributed by atoms with Gasteiger partial charge in [-0.1, -0.05) is 0 Å². The largest absolute Gasteiger partial charge is 0.490 e. The molecule has 33 heavy (non-hydrogen) atoms. The van der Waals surface area contributed by atoms with Crippen LogP contribution in [0.4, 0.5) is 19.0 Å². The zero-order chi connectivity index (χ0) is 23.0. The maximum atomic E-state index is 12.4. The van der Waals surface area contributed by atoms with Gasteiger partial charge in [0.1, 0.15) is 12.1 Å². The Kier molecular flexibility index (Phi) is 5.84. The average molecular weight is 461 g/mol. The Labute approximate surface area is 190 Å². The third kappa shape index (κ3) is 4.89. The summed E-state index contributed by atoms with van der Waals surface area (Å²) in [5.74, 6) is 3.85. The minimum absolute atomic E-state index is 0.00744. The van der Waals surface area contributed by atoms with Crippen molar-refractivity contribution in [1.82, 2.24) is 24.6 Å². The lowest BCUT2D eigenvalue weighted by molar-refractivity contribution is -0.136. The standard InChI is InChI=1S/C23H27F3N6O/c1-15-10-21(28-14-27-15)31-12-16-5-6-17(13-31)18(16)11-20-29-22-19(4-2-8-32(22)30-20)33-9-3-7-23(24,25)26/h2,4,8,10,14,16-18H,3,5-7,9,11-13H2,1H3/t16-,17+,18?. The van der Waals surface area contributed by atoms with Gasteiger partial charge >= 0.3 is 6.18 Å². The molecule has 3 aromatic heterocycles. The van der Waals surface area contributed by atoms with Crippen LogP contribution in [0.2, 0.25) is 0 Å². The molecule has 10 heteroatoms. The van der Waals surface area contributed by atoms with E-state index in [1.54, 1.807) is 29.2 Å². The van der Waals surface area contributed by atoms with E-state index in [-0.39, 0.29) is 13.0 Å². The first-order chi connectivity index (χ1) is 15.9. The van der Waals surface area contributed by atoms with Crippen LogP contribution < -0.4 is 9.64 Å². The van der Waals surface area contributed by atoms with Crippen LogP contribution in [0.25, 0.3) is 5.65 Å². The van der Waals surface area contributed by atoms with Crippen LogP contribution in [0.5, 0.6) is 5.75 Å². The average Bonchev–Trinajstić information content (AvgIpc) is 3.27. The highest BCUT2D eigenvalue weighted by Crippen LogP contribution is 2.44. The first-order valence-electron chi connectivity index (χ1n) is 11.4. The molecule has 1 saturated carbocycles. The topological polar surface area (TPSA) is 68.4 Å². The van der Waals surface area contributed by atoms with E-state index in [4.69, 9.17) is 9.72 Å². The predicted molar refractivity (Wildman–Crippen MR) is 116 cm³/mol. The molecule has 0 radical (unpaired) electrons. The Hall–Kier alpha value is -2.91. The Morgan fingerprint density at radius 1 is 1.15 bits per heavy atom. The minimum Gasteiger partial charge on any atom is -0.490 e. The lowest BCUT2D eigenvalue weighted by Crippen LogP contribution is -2.43. The van der Waals surface area contributed by atoms with Gasteiger partial charge in [-0.25, -0.2) is 19.5 Å². The number of piperidine rings is 1. The molecule has 7 nitrogen and oxygen atoms in total. The second kappa shape index (κ2) is 8.79. The van der Waals surface area contributed by atoms with Crippen molar-refractivity contribution in [1.29, 1.82) is 0 Å². The van der Waals surface area contributed by atoms with Crippen molar-refractivity contribution in [3.8, 4) is 5.75 Å². The fourth-order valence-corrected chi connectivity index (χ4v) is 5.26. The number of aryl methyl sites for hydroxylation is 1. The fraction of sp³-hybridized carbons (Fsp3) is 0.565. The van der Waals surface area contributed by atoms with Crippen molar-refractivity contribution in [2.24, 2.45) is 17.8 Å². The Bertz CT molecular complexity index is 1100. The predicted octanol–water partition coefficient (Wildman–Crippen LogP) is 4.25. The molecule has 4 heterocycles. The second-order valence-corrected chi connectivity index (χ2v) is 9.12. The molecular formula is C23H27F3N6O. The smallest absolute Gasteiger partial charge is 0.389 e. The number of rotatable bonds is 7. The monoisotopic (exact) mass is 460 g/mol. The molecule has 1 aliphatic carbocycles.